The third-order valence-electron chi connectivity index (χ3n) is 4.50. The van der Waals surface area contributed by atoms with Gasteiger partial charge in [0.2, 0.25) is 0 Å². The highest BCUT2D eigenvalue weighted by Crippen LogP contribution is 2.16. The van der Waals surface area contributed by atoms with Crippen LogP contribution >= 0.6 is 39.9 Å². The smallest absolute Gasteiger partial charge is 0.194 e. The summed E-state index contributed by atoms with van der Waals surface area (Å²) in [5, 5.41) is 8.14. The predicted octanol–water partition coefficient (Wildman–Crippen LogP) is 3.47. The molecule has 2 heterocycles. The van der Waals surface area contributed by atoms with Gasteiger partial charge in [0.25, 0.3) is 0 Å². The van der Waals surface area contributed by atoms with Crippen LogP contribution in [0.1, 0.15) is 36.5 Å². The molecule has 146 valence electrons. The fourth-order valence-electron chi connectivity index (χ4n) is 3.19. The van der Waals surface area contributed by atoms with Gasteiger partial charge in [0.05, 0.1) is 12.2 Å². The lowest BCUT2D eigenvalue weighted by Gasteiger charge is -2.22. The normalized spacial score (nSPS) is 11.4. The Bertz CT molecular complexity index is 749. The van der Waals surface area contributed by atoms with E-state index in [-0.39, 0.29) is 24.0 Å². The number of nitrogens with one attached hydrogen (secondary N) is 1. The van der Waals surface area contributed by atoms with Crippen LogP contribution in [0.25, 0.3) is 0 Å². The molecule has 0 amide bonds. The average molecular weight is 537 g/mol. The lowest BCUT2D eigenvalue weighted by Crippen LogP contribution is -2.38. The summed E-state index contributed by atoms with van der Waals surface area (Å²) >= 11 is 3.53. The van der Waals surface area contributed by atoms with Crippen molar-refractivity contribution >= 4 is 45.9 Å². The van der Waals surface area contributed by atoms with Crippen molar-refractivity contribution in [3.8, 4) is 0 Å². The van der Waals surface area contributed by atoms with E-state index in [1.807, 2.05) is 18.8 Å². The Balaban J connectivity index is 0.00000338. The Morgan fingerprint density at radius 1 is 1.31 bits per heavy atom. The molecule has 0 bridgehead atoms. The summed E-state index contributed by atoms with van der Waals surface area (Å²) in [5.41, 5.74) is 4.97. The third kappa shape index (κ3) is 5.25. The molecule has 2 rings (SSSR count). The molecule has 0 saturated carbocycles. The van der Waals surface area contributed by atoms with Crippen molar-refractivity contribution in [2.24, 2.45) is 19.1 Å². The van der Waals surface area contributed by atoms with Crippen molar-refractivity contribution in [2.45, 2.75) is 39.8 Å². The Hall–Kier alpha value is -1.03. The van der Waals surface area contributed by atoms with Gasteiger partial charge in [-0.2, -0.15) is 5.10 Å². The molecule has 26 heavy (non-hydrogen) atoms. The van der Waals surface area contributed by atoms with Crippen molar-refractivity contribution < 1.29 is 0 Å². The van der Waals surface area contributed by atoms with Crippen LogP contribution in [0.5, 0.6) is 0 Å². The minimum Gasteiger partial charge on any atom is -0.352 e. The zero-order chi connectivity index (χ0) is 18.6. The maximum absolute atomic E-state index is 4.65. The minimum atomic E-state index is 0. The van der Waals surface area contributed by atoms with E-state index in [0.29, 0.717) is 0 Å². The zero-order valence-corrected chi connectivity index (χ0v) is 20.4. The van der Waals surface area contributed by atoms with Gasteiger partial charge < -0.3 is 14.8 Å². The van der Waals surface area contributed by atoms with Gasteiger partial charge in [0.15, 0.2) is 5.96 Å². The molecule has 0 aromatic carbocycles. The van der Waals surface area contributed by atoms with Crippen LogP contribution in [-0.2, 0) is 40.0 Å². The van der Waals surface area contributed by atoms with Gasteiger partial charge in [0, 0.05) is 62.4 Å². The molecule has 1 N–H and O–H groups in total. The summed E-state index contributed by atoms with van der Waals surface area (Å²) in [6, 6.07) is 2.13. The molecule has 0 unspecified atom stereocenters. The standard InChI is InChI=1S/C18H29BrN6.HI/c1-7-16-15(17(8-2)25(6)22-16)10-21-18(20-3)24(5)12-14-9-13(19)11-23(14)4;/h9,11H,7-8,10,12H2,1-6H3,(H,20,21);1H. The summed E-state index contributed by atoms with van der Waals surface area (Å²) in [7, 11) is 7.96. The first-order valence-corrected chi connectivity index (χ1v) is 9.46. The highest BCUT2D eigenvalue weighted by Gasteiger charge is 2.15. The van der Waals surface area contributed by atoms with Crippen molar-refractivity contribution in [1.29, 1.82) is 0 Å². The van der Waals surface area contributed by atoms with E-state index in [4.69, 9.17) is 0 Å². The van der Waals surface area contributed by atoms with Crippen LogP contribution in [0, 0.1) is 0 Å². The van der Waals surface area contributed by atoms with Crippen LogP contribution in [0.3, 0.4) is 0 Å². The molecule has 6 nitrogen and oxygen atoms in total. The van der Waals surface area contributed by atoms with E-state index in [9.17, 15) is 0 Å². The molecule has 0 aliphatic heterocycles. The van der Waals surface area contributed by atoms with Crippen LogP contribution in [-0.4, -0.2) is 39.3 Å². The molecule has 2 aromatic heterocycles. The molecule has 0 radical (unpaired) electrons. The van der Waals surface area contributed by atoms with Crippen molar-refractivity contribution in [1.82, 2.24) is 24.6 Å². The minimum absolute atomic E-state index is 0. The van der Waals surface area contributed by atoms with E-state index in [0.717, 1.165) is 42.1 Å². The molecule has 0 aliphatic rings. The summed E-state index contributed by atoms with van der Waals surface area (Å²) in [6.07, 6.45) is 3.99. The first-order valence-electron chi connectivity index (χ1n) is 8.67. The lowest BCUT2D eigenvalue weighted by molar-refractivity contribution is 0.461. The Kier molecular flexibility index (Phi) is 9.15. The van der Waals surface area contributed by atoms with Crippen molar-refractivity contribution in [3.05, 3.63) is 39.4 Å². The van der Waals surface area contributed by atoms with E-state index in [1.54, 1.807) is 0 Å². The van der Waals surface area contributed by atoms with Crippen molar-refractivity contribution in [2.75, 3.05) is 14.1 Å². The predicted molar refractivity (Wildman–Crippen MR) is 122 cm³/mol. The number of nitrogens with zero attached hydrogens (tertiary/aromatic N) is 5. The fraction of sp³-hybridized carbons (Fsp3) is 0.556. The van der Waals surface area contributed by atoms with Crippen LogP contribution in [0.2, 0.25) is 0 Å². The van der Waals surface area contributed by atoms with E-state index in [2.05, 4.69) is 81.0 Å². The molecule has 0 atom stereocenters. The first kappa shape index (κ1) is 23.0. The molecule has 0 spiro atoms. The number of rotatable bonds is 6. The molecule has 0 fully saturated rings. The van der Waals surface area contributed by atoms with Gasteiger partial charge in [-0.05, 0) is 34.8 Å². The van der Waals surface area contributed by atoms with Gasteiger partial charge >= 0.3 is 0 Å². The van der Waals surface area contributed by atoms with Crippen molar-refractivity contribution in [3.63, 3.8) is 0 Å². The largest absolute Gasteiger partial charge is 0.352 e. The monoisotopic (exact) mass is 536 g/mol. The number of guanidine groups is 1. The summed E-state index contributed by atoms with van der Waals surface area (Å²) in [4.78, 5) is 6.57. The van der Waals surface area contributed by atoms with Gasteiger partial charge in [-0.3, -0.25) is 9.67 Å². The highest BCUT2D eigenvalue weighted by molar-refractivity contribution is 14.0. The number of halogens is 2. The SMILES string of the molecule is CCc1nn(C)c(CC)c1CNC(=NC)N(C)Cc1cc(Br)cn1C.I. The summed E-state index contributed by atoms with van der Waals surface area (Å²) in [5.74, 6) is 0.880. The third-order valence-corrected chi connectivity index (χ3v) is 4.93. The number of hydrogen-bond acceptors (Lipinski definition) is 2. The van der Waals surface area contributed by atoms with Gasteiger partial charge in [-0.1, -0.05) is 13.8 Å². The van der Waals surface area contributed by atoms with Gasteiger partial charge in [-0.15, -0.1) is 24.0 Å². The van der Waals surface area contributed by atoms with Crippen LogP contribution < -0.4 is 5.32 Å². The Morgan fingerprint density at radius 3 is 2.50 bits per heavy atom. The second-order valence-electron chi connectivity index (χ2n) is 6.22. The Labute approximate surface area is 182 Å². The van der Waals surface area contributed by atoms with E-state index >= 15 is 0 Å². The summed E-state index contributed by atoms with van der Waals surface area (Å²) < 4.78 is 5.22. The molecule has 2 aromatic rings. The second kappa shape index (κ2) is 10.3. The second-order valence-corrected chi connectivity index (χ2v) is 7.14. The van der Waals surface area contributed by atoms with Gasteiger partial charge in [-0.25, -0.2) is 0 Å². The molecular weight excluding hydrogens is 507 g/mol. The topological polar surface area (TPSA) is 50.4 Å². The van der Waals surface area contributed by atoms with Crippen LogP contribution in [0.15, 0.2) is 21.7 Å². The highest BCUT2D eigenvalue weighted by atomic mass is 127. The zero-order valence-electron chi connectivity index (χ0n) is 16.5. The first-order chi connectivity index (χ1) is 11.9. The maximum Gasteiger partial charge on any atom is 0.194 e. The van der Waals surface area contributed by atoms with Crippen LogP contribution in [0.4, 0.5) is 0 Å². The number of hydrogen-bond donors (Lipinski definition) is 1. The maximum atomic E-state index is 4.65. The number of aryl methyl sites for hydroxylation is 3. The molecule has 8 heteroatoms. The van der Waals surface area contributed by atoms with Gasteiger partial charge in [0.1, 0.15) is 0 Å². The Morgan fingerprint density at radius 2 is 2.00 bits per heavy atom. The van der Waals surface area contributed by atoms with E-state index < -0.39 is 0 Å². The number of aliphatic imine (C=N–C) groups is 1. The quantitative estimate of drug-likeness (QED) is 0.349. The number of aromatic nitrogens is 3. The molecule has 0 aliphatic carbocycles. The molecule has 0 saturated heterocycles. The summed E-state index contributed by atoms with van der Waals surface area (Å²) in [6.45, 7) is 5.86. The molecular formula is C18H30BrIN6. The van der Waals surface area contributed by atoms with E-state index in [1.165, 1.54) is 17.0 Å². The fourth-order valence-corrected chi connectivity index (χ4v) is 3.76. The average Bonchev–Trinajstić information content (AvgIpc) is 3.06. The lowest BCUT2D eigenvalue weighted by atomic mass is 10.1.